The molecule has 0 radical (unpaired) electrons. The second kappa shape index (κ2) is 11.6. The Kier molecular flexibility index (Phi) is 8.54. The molecule has 1 aliphatic carbocycles. The molecule has 1 unspecified atom stereocenters. The Balaban J connectivity index is 1.63. The van der Waals surface area contributed by atoms with E-state index in [1.54, 1.807) is 19.1 Å². The van der Waals surface area contributed by atoms with Crippen molar-refractivity contribution in [2.45, 2.75) is 50.0 Å². The molecule has 8 nitrogen and oxygen atoms in total. The second-order valence-electron chi connectivity index (χ2n) is 9.14. The molecule has 1 saturated heterocycles. The number of amides is 1. The van der Waals surface area contributed by atoms with Crippen LogP contribution in [0.4, 0.5) is 11.4 Å². The van der Waals surface area contributed by atoms with Crippen molar-refractivity contribution in [3.63, 3.8) is 0 Å². The Morgan fingerprint density at radius 3 is 2.58 bits per heavy atom. The molecule has 10 heteroatoms. The second-order valence-corrected chi connectivity index (χ2v) is 11.1. The highest BCUT2D eigenvalue weighted by Gasteiger charge is 2.32. The monoisotopic (exact) mass is 533 g/mol. The van der Waals surface area contributed by atoms with Gasteiger partial charge in [-0.25, -0.2) is 13.1 Å². The largest absolute Gasteiger partial charge is 0.466 e. The van der Waals surface area contributed by atoms with E-state index in [2.05, 4.69) is 10.0 Å². The molecule has 2 aromatic carbocycles. The van der Waals surface area contributed by atoms with Crippen LogP contribution < -0.4 is 14.9 Å². The number of fused-ring (bicyclic) bond motifs is 1. The lowest BCUT2D eigenvalue weighted by Gasteiger charge is -2.34. The number of carbonyl (C=O) groups is 2. The van der Waals surface area contributed by atoms with Gasteiger partial charge < -0.3 is 15.0 Å². The zero-order valence-electron chi connectivity index (χ0n) is 20.3. The number of nitrogens with zero attached hydrogens (tertiary/aromatic N) is 1. The minimum atomic E-state index is -3.95. The van der Waals surface area contributed by atoms with Crippen LogP contribution in [0, 0.1) is 5.92 Å². The molecule has 0 saturated carbocycles. The molecule has 194 valence electrons. The first-order valence-corrected chi connectivity index (χ1v) is 14.4. The molecule has 2 aromatic rings. The molecule has 1 atom stereocenters. The van der Waals surface area contributed by atoms with Gasteiger partial charge >= 0.3 is 5.97 Å². The van der Waals surface area contributed by atoms with Crippen LogP contribution in [0.1, 0.15) is 49.8 Å². The summed E-state index contributed by atoms with van der Waals surface area (Å²) in [6, 6.07) is 12.4. The third-order valence-electron chi connectivity index (χ3n) is 6.78. The molecule has 2 aliphatic rings. The fourth-order valence-corrected chi connectivity index (χ4v) is 6.57. The fraction of sp³-hybridized carbons (Fsp3) is 0.462. The standard InChI is InChI=1S/C26H32ClN3O5S/c1-2-35-26(32)19-12-14-30(15-13-19)23-11-10-20(28-25(31)17-27)16-24(23)36(33,34)29-22-9-5-7-18-6-3-4-8-21(18)22/h3-4,6,8,10-11,16,19,22,29H,2,5,7,9,12-15,17H2,1H3,(H,28,31). The van der Waals surface area contributed by atoms with Crippen molar-refractivity contribution in [2.75, 3.05) is 35.8 Å². The average molecular weight is 534 g/mol. The van der Waals surface area contributed by atoms with Gasteiger partial charge in [0.15, 0.2) is 0 Å². The summed E-state index contributed by atoms with van der Waals surface area (Å²) in [6.45, 7) is 3.16. The van der Waals surface area contributed by atoms with Crippen LogP contribution in [0.3, 0.4) is 0 Å². The van der Waals surface area contributed by atoms with Crippen molar-refractivity contribution < 1.29 is 22.7 Å². The number of anilines is 2. The number of aryl methyl sites for hydroxylation is 1. The lowest BCUT2D eigenvalue weighted by Crippen LogP contribution is -2.38. The van der Waals surface area contributed by atoms with Crippen LogP contribution in [-0.2, 0) is 30.8 Å². The van der Waals surface area contributed by atoms with Gasteiger partial charge in [0.1, 0.15) is 10.8 Å². The summed E-state index contributed by atoms with van der Waals surface area (Å²) in [5, 5.41) is 2.65. The first-order valence-electron chi connectivity index (χ1n) is 12.3. The molecule has 1 aliphatic heterocycles. The summed E-state index contributed by atoms with van der Waals surface area (Å²) in [6.07, 6.45) is 3.68. The molecule has 4 rings (SSSR count). The first-order chi connectivity index (χ1) is 17.3. The van der Waals surface area contributed by atoms with Gasteiger partial charge in [0.05, 0.1) is 18.2 Å². The van der Waals surface area contributed by atoms with E-state index in [1.807, 2.05) is 29.2 Å². The maximum Gasteiger partial charge on any atom is 0.309 e. The van der Waals surface area contributed by atoms with Crippen LogP contribution >= 0.6 is 11.6 Å². The molecule has 0 bridgehead atoms. The summed E-state index contributed by atoms with van der Waals surface area (Å²) in [5.41, 5.74) is 3.05. The highest BCUT2D eigenvalue weighted by molar-refractivity contribution is 7.89. The zero-order valence-corrected chi connectivity index (χ0v) is 21.9. The summed E-state index contributed by atoms with van der Waals surface area (Å²) in [7, 11) is -3.95. The van der Waals surface area contributed by atoms with Gasteiger partial charge in [-0.15, -0.1) is 11.6 Å². The van der Waals surface area contributed by atoms with Crippen molar-refractivity contribution in [1.29, 1.82) is 0 Å². The molecule has 1 amide bonds. The zero-order chi connectivity index (χ0) is 25.7. The van der Waals surface area contributed by atoms with E-state index in [-0.39, 0.29) is 28.7 Å². The summed E-state index contributed by atoms with van der Waals surface area (Å²) in [5.74, 6) is -1.05. The number of hydrogen-bond acceptors (Lipinski definition) is 6. The number of ether oxygens (including phenoxy) is 1. The number of sulfonamides is 1. The van der Waals surface area contributed by atoms with Gasteiger partial charge in [-0.1, -0.05) is 24.3 Å². The smallest absolute Gasteiger partial charge is 0.309 e. The number of piperidine rings is 1. The lowest BCUT2D eigenvalue weighted by atomic mass is 9.88. The molecule has 36 heavy (non-hydrogen) atoms. The SMILES string of the molecule is CCOC(=O)C1CCN(c2ccc(NC(=O)CCl)cc2S(=O)(=O)NC2CCCc3ccccc32)CC1. The molecule has 0 spiro atoms. The Bertz CT molecular complexity index is 1210. The number of alkyl halides is 1. The molecular formula is C26H32ClN3O5S. The van der Waals surface area contributed by atoms with Crippen LogP contribution in [0.5, 0.6) is 0 Å². The Hall–Kier alpha value is -2.62. The highest BCUT2D eigenvalue weighted by atomic mass is 35.5. The minimum Gasteiger partial charge on any atom is -0.466 e. The molecule has 1 fully saturated rings. The fourth-order valence-electron chi connectivity index (χ4n) is 5.01. The van der Waals surface area contributed by atoms with Crippen molar-refractivity contribution in [3.8, 4) is 0 Å². The number of halogens is 1. The number of rotatable bonds is 8. The van der Waals surface area contributed by atoms with Gasteiger partial charge in [-0.2, -0.15) is 0 Å². The van der Waals surface area contributed by atoms with E-state index in [9.17, 15) is 18.0 Å². The summed E-state index contributed by atoms with van der Waals surface area (Å²) >= 11 is 5.63. The average Bonchev–Trinajstić information content (AvgIpc) is 2.89. The predicted molar refractivity (Wildman–Crippen MR) is 140 cm³/mol. The number of nitrogens with one attached hydrogen (secondary N) is 2. The molecule has 1 heterocycles. The van der Waals surface area contributed by atoms with E-state index >= 15 is 0 Å². The number of hydrogen-bond donors (Lipinski definition) is 2. The maximum absolute atomic E-state index is 13.8. The van der Waals surface area contributed by atoms with Crippen LogP contribution in [0.15, 0.2) is 47.4 Å². The first kappa shape index (κ1) is 26.4. The maximum atomic E-state index is 13.8. The van der Waals surface area contributed by atoms with E-state index in [0.717, 1.165) is 24.0 Å². The number of carbonyl (C=O) groups excluding carboxylic acids is 2. The van der Waals surface area contributed by atoms with Gasteiger partial charge in [0.2, 0.25) is 15.9 Å². The quantitative estimate of drug-likeness (QED) is 0.392. The van der Waals surface area contributed by atoms with Crippen molar-refractivity contribution in [1.82, 2.24) is 4.72 Å². The van der Waals surface area contributed by atoms with Crippen LogP contribution in [0.2, 0.25) is 0 Å². The highest BCUT2D eigenvalue weighted by Crippen LogP contribution is 2.35. The minimum absolute atomic E-state index is 0.0903. The summed E-state index contributed by atoms with van der Waals surface area (Å²) in [4.78, 5) is 26.1. The van der Waals surface area contributed by atoms with Crippen molar-refractivity contribution in [2.24, 2.45) is 5.92 Å². The van der Waals surface area contributed by atoms with Gasteiger partial charge in [0.25, 0.3) is 0 Å². The third kappa shape index (κ3) is 6.02. The van der Waals surface area contributed by atoms with E-state index in [0.29, 0.717) is 50.3 Å². The predicted octanol–water partition coefficient (Wildman–Crippen LogP) is 4.00. The Morgan fingerprint density at radius 2 is 1.86 bits per heavy atom. The van der Waals surface area contributed by atoms with E-state index in [4.69, 9.17) is 16.3 Å². The normalized spacial score (nSPS) is 18.4. The Morgan fingerprint density at radius 1 is 1.11 bits per heavy atom. The summed E-state index contributed by atoms with van der Waals surface area (Å²) < 4.78 is 35.7. The van der Waals surface area contributed by atoms with Gasteiger partial charge in [0, 0.05) is 24.8 Å². The number of benzene rings is 2. The van der Waals surface area contributed by atoms with Crippen LogP contribution in [-0.4, -0.2) is 45.9 Å². The molecule has 0 aromatic heterocycles. The van der Waals surface area contributed by atoms with E-state index < -0.39 is 15.9 Å². The Labute approximate surface area is 217 Å². The van der Waals surface area contributed by atoms with Crippen molar-refractivity contribution in [3.05, 3.63) is 53.6 Å². The topological polar surface area (TPSA) is 105 Å². The van der Waals surface area contributed by atoms with Gasteiger partial charge in [-0.05, 0) is 68.4 Å². The van der Waals surface area contributed by atoms with Crippen molar-refractivity contribution >= 4 is 44.9 Å². The lowest BCUT2D eigenvalue weighted by molar-refractivity contribution is -0.148. The third-order valence-corrected chi connectivity index (χ3v) is 8.52. The number of esters is 1. The van der Waals surface area contributed by atoms with Gasteiger partial charge in [-0.3, -0.25) is 9.59 Å². The molecular weight excluding hydrogens is 502 g/mol. The molecule has 2 N–H and O–H groups in total. The van der Waals surface area contributed by atoms with Crippen LogP contribution in [0.25, 0.3) is 0 Å². The van der Waals surface area contributed by atoms with E-state index in [1.165, 1.54) is 6.07 Å².